The molecule has 1 aromatic carbocycles. The third-order valence-corrected chi connectivity index (χ3v) is 6.97. The first kappa shape index (κ1) is 23.1. The Labute approximate surface area is 182 Å². The maximum absolute atomic E-state index is 14.4. The van der Waals surface area contributed by atoms with E-state index in [-0.39, 0.29) is 15.8 Å². The number of nitrogens with one attached hydrogen (secondary N) is 4. The highest BCUT2D eigenvalue weighted by atomic mass is 35.5. The summed E-state index contributed by atoms with van der Waals surface area (Å²) >= 11 is 6.60. The van der Waals surface area contributed by atoms with Crippen molar-refractivity contribution >= 4 is 43.8 Å². The maximum Gasteiger partial charge on any atom is 0.266 e. The van der Waals surface area contributed by atoms with Crippen LogP contribution in [0.2, 0.25) is 5.02 Å². The van der Waals surface area contributed by atoms with Crippen LogP contribution >= 0.6 is 22.9 Å². The van der Waals surface area contributed by atoms with Gasteiger partial charge in [-0.2, -0.15) is 4.39 Å². The molecule has 2 heterocycles. The summed E-state index contributed by atoms with van der Waals surface area (Å²) in [5, 5.41) is 18.3. The number of halogens is 3. The molecule has 1 saturated heterocycles. The number of unbranched alkanes of at least 4 members (excludes halogenated alkanes) is 1. The number of aliphatic hydroxyl groups is 1. The van der Waals surface area contributed by atoms with Gasteiger partial charge < -0.3 is 21.1 Å². The van der Waals surface area contributed by atoms with Gasteiger partial charge in [0.25, 0.3) is 10.0 Å². The van der Waals surface area contributed by atoms with Gasteiger partial charge in [0.15, 0.2) is 10.3 Å². The monoisotopic (exact) mass is 481 g/mol. The Morgan fingerprint density at radius 3 is 2.63 bits per heavy atom. The largest absolute Gasteiger partial charge is 0.386 e. The topological polar surface area (TPSA) is 115 Å². The summed E-state index contributed by atoms with van der Waals surface area (Å²) in [5.41, 5.74) is -0.384. The van der Waals surface area contributed by atoms with Gasteiger partial charge in [-0.25, -0.2) is 17.8 Å². The molecule has 0 unspecified atom stereocenters. The highest BCUT2D eigenvalue weighted by Crippen LogP contribution is 2.30. The Morgan fingerprint density at radius 2 is 2.00 bits per heavy atom. The average Bonchev–Trinajstić information content (AvgIpc) is 3.05. The van der Waals surface area contributed by atoms with Crippen LogP contribution in [-0.2, 0) is 10.0 Å². The second-order valence-corrected chi connectivity index (χ2v) is 10.0. The quantitative estimate of drug-likeness (QED) is 0.312. The molecule has 166 valence electrons. The second-order valence-electron chi connectivity index (χ2n) is 6.98. The Kier molecular flexibility index (Phi) is 7.47. The molecule has 0 saturated carbocycles. The lowest BCUT2D eigenvalue weighted by molar-refractivity contribution is -0.00822. The van der Waals surface area contributed by atoms with Crippen LogP contribution in [0.4, 0.5) is 19.6 Å². The fourth-order valence-corrected chi connectivity index (χ4v) is 4.97. The zero-order chi connectivity index (χ0) is 21.8. The minimum Gasteiger partial charge on any atom is -0.386 e. The van der Waals surface area contributed by atoms with Gasteiger partial charge in [0.2, 0.25) is 0 Å². The van der Waals surface area contributed by atoms with Gasteiger partial charge in [0, 0.05) is 26.2 Å². The summed E-state index contributed by atoms with van der Waals surface area (Å²) in [7, 11) is -4.30. The number of β-amino-alcohol motifs (C(OH)–C–C–N with tert-alkyl or cyclic N) is 1. The van der Waals surface area contributed by atoms with Crippen molar-refractivity contribution in [1.29, 1.82) is 0 Å². The van der Waals surface area contributed by atoms with Crippen LogP contribution in [0.3, 0.4) is 0 Å². The number of hydrogen-bond donors (Lipinski definition) is 5. The van der Waals surface area contributed by atoms with Crippen molar-refractivity contribution in [2.24, 2.45) is 0 Å². The normalized spacial score (nSPS) is 15.6. The van der Waals surface area contributed by atoms with Crippen molar-refractivity contribution < 1.29 is 22.3 Å². The van der Waals surface area contributed by atoms with Crippen LogP contribution in [-0.4, -0.2) is 56.8 Å². The molecule has 0 spiro atoms. The van der Waals surface area contributed by atoms with Gasteiger partial charge >= 0.3 is 0 Å². The van der Waals surface area contributed by atoms with Crippen molar-refractivity contribution in [1.82, 2.24) is 15.6 Å². The molecule has 3 rings (SSSR count). The number of thiazole rings is 1. The molecular weight excluding hydrogens is 460 g/mol. The predicted octanol–water partition coefficient (Wildman–Crippen LogP) is 1.99. The first-order valence-corrected chi connectivity index (χ1v) is 11.9. The first-order valence-electron chi connectivity index (χ1n) is 9.19. The molecule has 30 heavy (non-hydrogen) atoms. The van der Waals surface area contributed by atoms with Gasteiger partial charge in [-0.15, -0.1) is 0 Å². The van der Waals surface area contributed by atoms with Crippen LogP contribution < -0.4 is 20.7 Å². The average molecular weight is 482 g/mol. The number of sulfonamides is 1. The van der Waals surface area contributed by atoms with Gasteiger partial charge in [0.1, 0.15) is 16.3 Å². The van der Waals surface area contributed by atoms with Crippen molar-refractivity contribution in [3.05, 3.63) is 34.3 Å². The summed E-state index contributed by atoms with van der Waals surface area (Å²) < 4.78 is 54.1. The third-order valence-electron chi connectivity index (χ3n) is 4.47. The van der Waals surface area contributed by atoms with Gasteiger partial charge in [-0.05, 0) is 31.5 Å². The Hall–Kier alpha value is -1.57. The number of anilines is 2. The number of nitrogens with zero attached hydrogens (tertiary/aromatic N) is 1. The van der Waals surface area contributed by atoms with Crippen molar-refractivity contribution in [2.45, 2.75) is 23.3 Å². The number of hydrogen-bond acceptors (Lipinski definition) is 8. The van der Waals surface area contributed by atoms with E-state index in [2.05, 4.69) is 20.9 Å². The Balaban J connectivity index is 1.49. The SMILES string of the molecule is O=S(=O)(Nc1ncc(F)s1)c1cc(Cl)c(NCCCCNCC2(O)CNC2)cc1F. The molecule has 0 aliphatic carbocycles. The molecule has 13 heteroatoms. The predicted molar refractivity (Wildman–Crippen MR) is 113 cm³/mol. The van der Waals surface area contributed by atoms with Crippen LogP contribution in [0.25, 0.3) is 0 Å². The summed E-state index contributed by atoms with van der Waals surface area (Å²) in [6, 6.07) is 2.01. The zero-order valence-electron chi connectivity index (χ0n) is 15.8. The van der Waals surface area contributed by atoms with E-state index >= 15 is 0 Å². The third kappa shape index (κ3) is 5.99. The molecule has 5 N–H and O–H groups in total. The van der Waals surface area contributed by atoms with Crippen molar-refractivity contribution in [3.8, 4) is 0 Å². The van der Waals surface area contributed by atoms with Crippen LogP contribution in [0, 0.1) is 10.9 Å². The lowest BCUT2D eigenvalue weighted by Gasteiger charge is -2.37. The van der Waals surface area contributed by atoms with E-state index in [1.54, 1.807) is 0 Å². The first-order chi connectivity index (χ1) is 14.2. The molecular formula is C17H22ClF2N5O3S2. The van der Waals surface area contributed by atoms with E-state index in [1.165, 1.54) is 0 Å². The zero-order valence-corrected chi connectivity index (χ0v) is 18.2. The highest BCUT2D eigenvalue weighted by Gasteiger charge is 2.33. The van der Waals surface area contributed by atoms with E-state index in [1.807, 2.05) is 4.72 Å². The van der Waals surface area contributed by atoms with Crippen molar-refractivity contribution in [2.75, 3.05) is 42.8 Å². The summed E-state index contributed by atoms with van der Waals surface area (Å²) in [4.78, 5) is 2.90. The molecule has 1 aliphatic rings. The van der Waals surface area contributed by atoms with E-state index in [0.29, 0.717) is 37.5 Å². The molecule has 0 atom stereocenters. The minimum atomic E-state index is -4.30. The van der Waals surface area contributed by atoms with Crippen LogP contribution in [0.5, 0.6) is 0 Å². The van der Waals surface area contributed by atoms with E-state index in [9.17, 15) is 22.3 Å². The van der Waals surface area contributed by atoms with Crippen molar-refractivity contribution in [3.63, 3.8) is 0 Å². The molecule has 1 fully saturated rings. The molecule has 0 amide bonds. The summed E-state index contributed by atoms with van der Waals surface area (Å²) in [6.07, 6.45) is 2.46. The highest BCUT2D eigenvalue weighted by molar-refractivity contribution is 7.93. The second kappa shape index (κ2) is 9.71. The van der Waals surface area contributed by atoms with Gasteiger partial charge in [-0.1, -0.05) is 22.9 Å². The molecule has 0 radical (unpaired) electrons. The molecule has 8 nitrogen and oxygen atoms in total. The molecule has 0 bridgehead atoms. The summed E-state index contributed by atoms with van der Waals surface area (Å²) in [6.45, 7) is 2.95. The number of rotatable bonds is 11. The molecule has 1 aliphatic heterocycles. The number of aromatic nitrogens is 1. The maximum atomic E-state index is 14.4. The fourth-order valence-electron chi connectivity index (χ4n) is 2.80. The van der Waals surface area contributed by atoms with Crippen LogP contribution in [0.1, 0.15) is 12.8 Å². The molecule has 2 aromatic rings. The van der Waals surface area contributed by atoms with E-state index in [4.69, 9.17) is 11.6 Å². The minimum absolute atomic E-state index is 0.0416. The molecule has 1 aromatic heterocycles. The smallest absolute Gasteiger partial charge is 0.266 e. The Bertz CT molecular complexity index is 986. The van der Waals surface area contributed by atoms with Gasteiger partial charge in [-0.3, -0.25) is 4.72 Å². The number of benzene rings is 1. The van der Waals surface area contributed by atoms with Crippen LogP contribution in [0.15, 0.2) is 23.2 Å². The lowest BCUT2D eigenvalue weighted by atomic mass is 9.97. The summed E-state index contributed by atoms with van der Waals surface area (Å²) in [5.74, 6) is -0.990. The van der Waals surface area contributed by atoms with E-state index in [0.717, 1.165) is 37.7 Å². The fraction of sp³-hybridized carbons (Fsp3) is 0.471. The van der Waals surface area contributed by atoms with Gasteiger partial charge in [0.05, 0.1) is 16.9 Å². The Morgan fingerprint density at radius 1 is 1.27 bits per heavy atom. The lowest BCUT2D eigenvalue weighted by Crippen LogP contribution is -2.64. The standard InChI is InChI=1S/C17H22ClF2N5O3S2/c18-11-5-14(30(27,28)25-16-24-7-15(20)29-16)12(19)6-13(11)23-4-2-1-3-21-8-17(26)9-22-10-17/h5-7,21-23,26H,1-4,8-10H2,(H,24,25). The van der Waals surface area contributed by atoms with E-state index < -0.39 is 31.5 Å².